The van der Waals surface area contributed by atoms with E-state index in [1.54, 1.807) is 6.08 Å². The number of hydrazone groups is 1. The van der Waals surface area contributed by atoms with Crippen LogP contribution in [0.2, 0.25) is 0 Å². The zero-order valence-electron chi connectivity index (χ0n) is 16.0. The Hall–Kier alpha value is -4.20. The lowest BCUT2D eigenvalue weighted by atomic mass is 10.1. The smallest absolute Gasteiger partial charge is 0.331 e. The van der Waals surface area contributed by atoms with Crippen molar-refractivity contribution in [1.29, 1.82) is 0 Å². The third kappa shape index (κ3) is 5.41. The summed E-state index contributed by atoms with van der Waals surface area (Å²) in [5, 5.41) is 14.1. The second kappa shape index (κ2) is 9.83. The van der Waals surface area contributed by atoms with Crippen LogP contribution in [0.5, 0.6) is 5.88 Å². The van der Waals surface area contributed by atoms with Crippen molar-refractivity contribution in [2.75, 3.05) is 0 Å². The van der Waals surface area contributed by atoms with Crippen molar-refractivity contribution in [2.24, 2.45) is 5.10 Å². The van der Waals surface area contributed by atoms with Crippen molar-refractivity contribution >= 4 is 18.2 Å². The minimum Gasteiger partial charge on any atom is -0.494 e. The van der Waals surface area contributed by atoms with Crippen molar-refractivity contribution in [3.63, 3.8) is 0 Å². The van der Waals surface area contributed by atoms with Gasteiger partial charge < -0.3 is 5.11 Å². The number of benzene rings is 2. The van der Waals surface area contributed by atoms with Crippen LogP contribution >= 0.6 is 0 Å². The normalized spacial score (nSPS) is 11.2. The molecule has 0 radical (unpaired) electrons. The Morgan fingerprint density at radius 3 is 2.43 bits per heavy atom. The number of hydrogen-bond donors (Lipinski definition) is 3. The maximum absolute atomic E-state index is 12.1. The van der Waals surface area contributed by atoms with Gasteiger partial charge in [0.2, 0.25) is 5.88 Å². The predicted octanol–water partition coefficient (Wildman–Crippen LogP) is 1.65. The number of amides is 1. The van der Waals surface area contributed by atoms with Gasteiger partial charge in [-0.15, -0.1) is 0 Å². The number of aromatic amines is 1. The topological polar surface area (TPSA) is 117 Å². The fraction of sp³-hybridized carbons (Fsp3) is 0.0909. The summed E-state index contributed by atoms with van der Waals surface area (Å²) < 4.78 is 1.05. The van der Waals surface area contributed by atoms with Crippen LogP contribution in [0.25, 0.3) is 6.08 Å². The highest BCUT2D eigenvalue weighted by molar-refractivity contribution is 5.92. The molecule has 0 aliphatic heterocycles. The molecule has 0 bridgehead atoms. The molecule has 0 saturated carbocycles. The molecule has 0 unspecified atom stereocenters. The zero-order valence-corrected chi connectivity index (χ0v) is 16.0. The molecule has 8 heteroatoms. The minimum atomic E-state index is -0.800. The first-order valence-electron chi connectivity index (χ1n) is 9.21. The van der Waals surface area contributed by atoms with Gasteiger partial charge in [-0.05, 0) is 23.6 Å². The van der Waals surface area contributed by atoms with Crippen LogP contribution in [0.15, 0.2) is 81.4 Å². The molecule has 1 amide bonds. The number of nitrogens with zero attached hydrogens (tertiary/aromatic N) is 2. The largest absolute Gasteiger partial charge is 0.494 e. The van der Waals surface area contributed by atoms with Crippen molar-refractivity contribution in [3.8, 4) is 5.88 Å². The Balaban J connectivity index is 1.70. The van der Waals surface area contributed by atoms with Gasteiger partial charge >= 0.3 is 5.69 Å². The number of rotatable bonds is 7. The molecule has 3 N–H and O–H groups in total. The second-order valence-corrected chi connectivity index (χ2v) is 6.36. The maximum atomic E-state index is 12.1. The molecule has 1 aromatic heterocycles. The highest BCUT2D eigenvalue weighted by Gasteiger charge is 2.12. The minimum absolute atomic E-state index is 0.165. The molecule has 0 aliphatic rings. The van der Waals surface area contributed by atoms with E-state index in [9.17, 15) is 19.5 Å². The first-order valence-corrected chi connectivity index (χ1v) is 9.21. The van der Waals surface area contributed by atoms with Gasteiger partial charge in [0.15, 0.2) is 0 Å². The molecule has 3 aromatic rings. The van der Waals surface area contributed by atoms with Crippen LogP contribution in [-0.2, 0) is 17.8 Å². The van der Waals surface area contributed by atoms with E-state index >= 15 is 0 Å². The third-order valence-electron chi connectivity index (χ3n) is 4.27. The summed E-state index contributed by atoms with van der Waals surface area (Å²) in [4.78, 5) is 38.1. The summed E-state index contributed by atoms with van der Waals surface area (Å²) in [5.41, 5.74) is 2.31. The van der Waals surface area contributed by atoms with Crippen LogP contribution in [-0.4, -0.2) is 26.8 Å². The lowest BCUT2D eigenvalue weighted by Gasteiger charge is -2.09. The monoisotopic (exact) mass is 404 g/mol. The van der Waals surface area contributed by atoms with Crippen molar-refractivity contribution < 1.29 is 9.90 Å². The number of carbonyl (C=O) groups is 1. The van der Waals surface area contributed by atoms with Crippen molar-refractivity contribution in [2.45, 2.75) is 13.0 Å². The summed E-state index contributed by atoms with van der Waals surface area (Å²) in [7, 11) is 0. The fourth-order valence-corrected chi connectivity index (χ4v) is 2.72. The first kappa shape index (κ1) is 20.5. The molecule has 152 valence electrons. The van der Waals surface area contributed by atoms with E-state index in [0.717, 1.165) is 21.9 Å². The lowest BCUT2D eigenvalue weighted by molar-refractivity contribution is -0.116. The van der Waals surface area contributed by atoms with Crippen LogP contribution in [0, 0.1) is 0 Å². The molecular formula is C22H20N4O4. The zero-order chi connectivity index (χ0) is 21.3. The lowest BCUT2D eigenvalue weighted by Crippen LogP contribution is -2.33. The van der Waals surface area contributed by atoms with E-state index < -0.39 is 23.0 Å². The molecule has 0 atom stereocenters. The Morgan fingerprint density at radius 1 is 1.07 bits per heavy atom. The summed E-state index contributed by atoms with van der Waals surface area (Å²) in [6, 6.07) is 18.6. The first-order chi connectivity index (χ1) is 14.5. The number of carbonyl (C=O) groups excluding carboxylic acids is 1. The molecule has 0 aliphatic carbocycles. The molecule has 8 nitrogen and oxygen atoms in total. The Morgan fingerprint density at radius 2 is 1.73 bits per heavy atom. The van der Waals surface area contributed by atoms with E-state index in [-0.39, 0.29) is 12.1 Å². The molecule has 3 rings (SSSR count). The Labute approximate surface area is 171 Å². The van der Waals surface area contributed by atoms with Gasteiger partial charge in [0.05, 0.1) is 6.21 Å². The van der Waals surface area contributed by atoms with Gasteiger partial charge in [0, 0.05) is 12.6 Å². The molecule has 2 aromatic carbocycles. The van der Waals surface area contributed by atoms with E-state index in [1.807, 2.05) is 60.7 Å². The fourth-order valence-electron chi connectivity index (χ4n) is 2.72. The summed E-state index contributed by atoms with van der Waals surface area (Å²) in [6.45, 7) is 0.165. The highest BCUT2D eigenvalue weighted by Crippen LogP contribution is 2.09. The van der Waals surface area contributed by atoms with Gasteiger partial charge in [0.25, 0.3) is 11.5 Å². The number of H-pyrrole nitrogens is 1. The number of aromatic nitrogens is 2. The summed E-state index contributed by atoms with van der Waals surface area (Å²) in [5.74, 6) is -1.03. The highest BCUT2D eigenvalue weighted by atomic mass is 16.3. The van der Waals surface area contributed by atoms with E-state index in [1.165, 1.54) is 6.08 Å². The van der Waals surface area contributed by atoms with Crippen LogP contribution in [0.4, 0.5) is 0 Å². The average Bonchev–Trinajstić information content (AvgIpc) is 2.76. The van der Waals surface area contributed by atoms with Crippen molar-refractivity contribution in [3.05, 3.63) is 104 Å². The van der Waals surface area contributed by atoms with E-state index in [2.05, 4.69) is 15.5 Å². The standard InChI is InChI=1S/C22H20N4O4/c27-19(12-11-16-7-3-1-4-8-16)25-23-15-18-20(28)24-22(30)26(21(18)29)14-13-17-9-5-2-6-10-17/h1-12,15,29H,13-14H2,(H,25,27)(H,24,28,30)/b12-11+,23-15?. The van der Waals surface area contributed by atoms with Gasteiger partial charge in [-0.25, -0.2) is 10.2 Å². The maximum Gasteiger partial charge on any atom is 0.331 e. The Bertz CT molecular complexity index is 1180. The number of nitrogens with one attached hydrogen (secondary N) is 2. The number of aryl methyl sites for hydroxylation is 1. The molecule has 0 spiro atoms. The molecule has 0 saturated heterocycles. The van der Waals surface area contributed by atoms with Gasteiger partial charge in [0.1, 0.15) is 5.56 Å². The SMILES string of the molecule is O=C(/C=C/c1ccccc1)NN=Cc1c(O)n(CCc2ccccc2)c(=O)[nH]c1=O. The molecular weight excluding hydrogens is 384 g/mol. The summed E-state index contributed by atoms with van der Waals surface area (Å²) in [6.07, 6.45) is 4.38. The van der Waals surface area contributed by atoms with E-state index in [0.29, 0.717) is 6.42 Å². The second-order valence-electron chi connectivity index (χ2n) is 6.36. The molecule has 0 fully saturated rings. The molecule has 1 heterocycles. The van der Waals surface area contributed by atoms with Gasteiger partial charge in [-0.1, -0.05) is 60.7 Å². The van der Waals surface area contributed by atoms with E-state index in [4.69, 9.17) is 0 Å². The van der Waals surface area contributed by atoms with Crippen LogP contribution in [0.3, 0.4) is 0 Å². The van der Waals surface area contributed by atoms with Crippen molar-refractivity contribution in [1.82, 2.24) is 15.0 Å². The summed E-state index contributed by atoms with van der Waals surface area (Å²) >= 11 is 0. The average molecular weight is 404 g/mol. The number of aromatic hydroxyl groups is 1. The predicted molar refractivity (Wildman–Crippen MR) is 114 cm³/mol. The van der Waals surface area contributed by atoms with Crippen LogP contribution < -0.4 is 16.7 Å². The van der Waals surface area contributed by atoms with Gasteiger partial charge in [-0.2, -0.15) is 5.10 Å². The van der Waals surface area contributed by atoms with Crippen LogP contribution in [0.1, 0.15) is 16.7 Å². The molecule has 30 heavy (non-hydrogen) atoms. The quantitative estimate of drug-likeness (QED) is 0.315. The number of hydrogen-bond acceptors (Lipinski definition) is 5. The Kier molecular flexibility index (Phi) is 6.73. The van der Waals surface area contributed by atoms with Gasteiger partial charge in [-0.3, -0.25) is 19.1 Å². The third-order valence-corrected chi connectivity index (χ3v) is 4.27.